The lowest BCUT2D eigenvalue weighted by atomic mass is 9.68. The van der Waals surface area contributed by atoms with Crippen molar-refractivity contribution in [1.29, 1.82) is 0 Å². The lowest BCUT2D eigenvalue weighted by molar-refractivity contribution is -0.116. The summed E-state index contributed by atoms with van der Waals surface area (Å²) in [5, 5.41) is 5.59. The van der Waals surface area contributed by atoms with E-state index in [9.17, 15) is 9.59 Å². The number of benzene rings is 1. The molecule has 0 spiro atoms. The summed E-state index contributed by atoms with van der Waals surface area (Å²) in [6.07, 6.45) is 5.41. The molecule has 4 nitrogen and oxygen atoms in total. The standard InChI is InChI=1S/C22H26N2O2/c1-6-22-10-9-18(25)13(2)19(22)14-7-8-17-16(15(14)11-22)12-24(23-17)20(26)21(3,4)5/h7-8,12H,6,9-11H2,1-5H3. The number of carbonyl (C=O) groups is 2. The van der Waals surface area contributed by atoms with Crippen molar-refractivity contribution < 1.29 is 9.59 Å². The lowest BCUT2D eigenvalue weighted by Crippen LogP contribution is -2.27. The number of hydrogen-bond donors (Lipinski definition) is 0. The van der Waals surface area contributed by atoms with E-state index >= 15 is 0 Å². The van der Waals surface area contributed by atoms with Crippen LogP contribution in [0.2, 0.25) is 0 Å². The van der Waals surface area contributed by atoms with E-state index in [4.69, 9.17) is 0 Å². The monoisotopic (exact) mass is 350 g/mol. The molecule has 2 aliphatic carbocycles. The second kappa shape index (κ2) is 5.38. The van der Waals surface area contributed by atoms with Gasteiger partial charge >= 0.3 is 0 Å². The molecule has 4 heteroatoms. The second-order valence-electron chi connectivity index (χ2n) is 8.89. The molecule has 0 radical (unpaired) electrons. The van der Waals surface area contributed by atoms with Crippen molar-refractivity contribution in [3.63, 3.8) is 0 Å². The van der Waals surface area contributed by atoms with Gasteiger partial charge in [-0.05, 0) is 54.5 Å². The maximum Gasteiger partial charge on any atom is 0.252 e. The van der Waals surface area contributed by atoms with Crippen molar-refractivity contribution in [2.75, 3.05) is 0 Å². The molecule has 1 aromatic carbocycles. The Morgan fingerprint density at radius 3 is 2.69 bits per heavy atom. The van der Waals surface area contributed by atoms with Crippen LogP contribution >= 0.6 is 0 Å². The van der Waals surface area contributed by atoms with Crippen LogP contribution in [0.3, 0.4) is 0 Å². The predicted octanol–water partition coefficient (Wildman–Crippen LogP) is 4.81. The van der Waals surface area contributed by atoms with E-state index in [1.54, 1.807) is 0 Å². The third-order valence-corrected chi connectivity index (χ3v) is 6.27. The number of rotatable bonds is 1. The third-order valence-electron chi connectivity index (χ3n) is 6.27. The van der Waals surface area contributed by atoms with Crippen LogP contribution in [0.4, 0.5) is 0 Å². The van der Waals surface area contributed by atoms with Gasteiger partial charge < -0.3 is 0 Å². The van der Waals surface area contributed by atoms with Crippen molar-refractivity contribution in [3.05, 3.63) is 35.0 Å². The first kappa shape index (κ1) is 17.2. The van der Waals surface area contributed by atoms with Crippen LogP contribution in [0.1, 0.15) is 69.8 Å². The van der Waals surface area contributed by atoms with Gasteiger partial charge in [-0.15, -0.1) is 0 Å². The van der Waals surface area contributed by atoms with Gasteiger partial charge in [-0.25, -0.2) is 4.68 Å². The van der Waals surface area contributed by atoms with Crippen LogP contribution in [0, 0.1) is 10.8 Å². The van der Waals surface area contributed by atoms with Crippen molar-refractivity contribution in [3.8, 4) is 0 Å². The summed E-state index contributed by atoms with van der Waals surface area (Å²) in [7, 11) is 0. The van der Waals surface area contributed by atoms with Crippen molar-refractivity contribution in [1.82, 2.24) is 9.78 Å². The summed E-state index contributed by atoms with van der Waals surface area (Å²) in [6, 6.07) is 4.09. The summed E-state index contributed by atoms with van der Waals surface area (Å²) in [6.45, 7) is 9.93. The summed E-state index contributed by atoms with van der Waals surface area (Å²) in [5.74, 6) is 0.268. The summed E-state index contributed by atoms with van der Waals surface area (Å²) in [4.78, 5) is 25.0. The SMILES string of the molecule is CCC12CCC(=O)C(C)=C1c1ccc3nn(C(=O)C(C)(C)C)cc3c1C2. The molecule has 0 aliphatic heterocycles. The van der Waals surface area contributed by atoms with Crippen molar-refractivity contribution in [2.45, 2.75) is 60.3 Å². The fourth-order valence-corrected chi connectivity index (χ4v) is 4.71. The number of ketones is 1. The van der Waals surface area contributed by atoms with Gasteiger partial charge in [0.2, 0.25) is 0 Å². The van der Waals surface area contributed by atoms with Gasteiger partial charge in [-0.1, -0.05) is 33.8 Å². The maximum absolute atomic E-state index is 12.6. The van der Waals surface area contributed by atoms with E-state index in [0.717, 1.165) is 35.7 Å². The van der Waals surface area contributed by atoms with Crippen LogP contribution in [0.5, 0.6) is 0 Å². The quantitative estimate of drug-likeness (QED) is 0.741. The molecule has 136 valence electrons. The number of Topliss-reactive ketones (excluding diaryl/α,β-unsaturated/α-hetero) is 1. The minimum absolute atomic E-state index is 0.00589. The Bertz CT molecular complexity index is 987. The van der Waals surface area contributed by atoms with Crippen LogP contribution < -0.4 is 0 Å². The summed E-state index contributed by atoms with van der Waals surface area (Å²) >= 11 is 0. The van der Waals surface area contributed by atoms with Gasteiger partial charge in [0, 0.05) is 28.8 Å². The highest BCUT2D eigenvalue weighted by atomic mass is 16.2. The Labute approximate surface area is 154 Å². The molecule has 0 bridgehead atoms. The van der Waals surface area contributed by atoms with Gasteiger partial charge in [0.1, 0.15) is 0 Å². The zero-order valence-corrected chi connectivity index (χ0v) is 16.3. The first-order valence-corrected chi connectivity index (χ1v) is 9.49. The number of allylic oxidation sites excluding steroid dienone is 2. The number of nitrogens with zero attached hydrogens (tertiary/aromatic N) is 2. The second-order valence-corrected chi connectivity index (χ2v) is 8.89. The highest BCUT2D eigenvalue weighted by Crippen LogP contribution is 2.56. The van der Waals surface area contributed by atoms with Gasteiger partial charge in [-0.2, -0.15) is 5.10 Å². The first-order valence-electron chi connectivity index (χ1n) is 9.49. The van der Waals surface area contributed by atoms with Gasteiger partial charge in [0.25, 0.3) is 5.91 Å². The zero-order valence-electron chi connectivity index (χ0n) is 16.3. The predicted molar refractivity (Wildman–Crippen MR) is 103 cm³/mol. The van der Waals surface area contributed by atoms with Crippen LogP contribution in [-0.4, -0.2) is 21.5 Å². The first-order chi connectivity index (χ1) is 12.2. The van der Waals surface area contributed by atoms with E-state index in [1.165, 1.54) is 21.4 Å². The van der Waals surface area contributed by atoms with Crippen molar-refractivity contribution >= 4 is 28.2 Å². The van der Waals surface area contributed by atoms with Crippen LogP contribution in [0.15, 0.2) is 23.9 Å². The Morgan fingerprint density at radius 1 is 1.31 bits per heavy atom. The fourth-order valence-electron chi connectivity index (χ4n) is 4.71. The van der Waals surface area contributed by atoms with E-state index < -0.39 is 5.41 Å². The average molecular weight is 350 g/mol. The topological polar surface area (TPSA) is 52.0 Å². The number of carbonyl (C=O) groups excluding carboxylic acids is 2. The van der Waals surface area contributed by atoms with Crippen LogP contribution in [-0.2, 0) is 11.2 Å². The highest BCUT2D eigenvalue weighted by Gasteiger charge is 2.45. The van der Waals surface area contributed by atoms with E-state index in [2.05, 4.69) is 18.1 Å². The minimum Gasteiger partial charge on any atom is -0.295 e. The summed E-state index contributed by atoms with van der Waals surface area (Å²) < 4.78 is 1.50. The zero-order chi connectivity index (χ0) is 18.9. The molecule has 1 aromatic heterocycles. The Hall–Kier alpha value is -2.23. The average Bonchev–Trinajstić information content (AvgIpc) is 3.16. The smallest absolute Gasteiger partial charge is 0.252 e. The maximum atomic E-state index is 12.6. The molecule has 1 heterocycles. The molecule has 2 aliphatic rings. The minimum atomic E-state index is -0.477. The molecule has 0 saturated heterocycles. The molecule has 1 atom stereocenters. The van der Waals surface area contributed by atoms with E-state index in [0.29, 0.717) is 6.42 Å². The Morgan fingerprint density at radius 2 is 2.04 bits per heavy atom. The molecule has 0 N–H and O–H groups in total. The van der Waals surface area contributed by atoms with Gasteiger partial charge in [0.15, 0.2) is 5.78 Å². The number of fused-ring (bicyclic) bond motifs is 5. The molecule has 0 amide bonds. The Kier molecular flexibility index (Phi) is 3.56. The highest BCUT2D eigenvalue weighted by molar-refractivity contribution is 6.07. The number of aromatic nitrogens is 2. The molecule has 0 fully saturated rings. The van der Waals surface area contributed by atoms with E-state index in [-0.39, 0.29) is 17.1 Å². The molecule has 1 unspecified atom stereocenters. The van der Waals surface area contributed by atoms with Crippen LogP contribution in [0.25, 0.3) is 16.5 Å². The molecule has 0 saturated carbocycles. The lowest BCUT2D eigenvalue weighted by Gasteiger charge is -2.34. The molecular weight excluding hydrogens is 324 g/mol. The molecule has 4 rings (SSSR count). The molecule has 26 heavy (non-hydrogen) atoms. The molecular formula is C22H26N2O2. The van der Waals surface area contributed by atoms with Gasteiger partial charge in [0.05, 0.1) is 5.52 Å². The normalized spacial score (nSPS) is 22.7. The van der Waals surface area contributed by atoms with Gasteiger partial charge in [-0.3, -0.25) is 9.59 Å². The summed E-state index contributed by atoms with van der Waals surface area (Å²) in [5.41, 5.74) is 5.04. The van der Waals surface area contributed by atoms with Crippen molar-refractivity contribution in [2.24, 2.45) is 10.8 Å². The number of hydrogen-bond acceptors (Lipinski definition) is 3. The molecule has 2 aromatic rings. The fraction of sp³-hybridized carbons (Fsp3) is 0.500. The Balaban J connectivity index is 1.94. The largest absolute Gasteiger partial charge is 0.295 e. The third kappa shape index (κ3) is 2.24. The van der Waals surface area contributed by atoms with E-state index in [1.807, 2.05) is 40.0 Å².